The molecule has 16 heavy (non-hydrogen) atoms. The van der Waals surface area contributed by atoms with Crippen molar-refractivity contribution in [3.8, 4) is 0 Å². The van der Waals surface area contributed by atoms with Gasteiger partial charge in [-0.3, -0.25) is 4.90 Å². The summed E-state index contributed by atoms with van der Waals surface area (Å²) < 4.78 is 0. The third-order valence-electron chi connectivity index (χ3n) is 3.93. The Balaban J connectivity index is 1.53. The molecule has 3 rings (SSSR count). The van der Waals surface area contributed by atoms with Crippen molar-refractivity contribution in [2.75, 3.05) is 26.2 Å². The molecule has 0 bridgehead atoms. The molecule has 1 aromatic carbocycles. The van der Waals surface area contributed by atoms with Crippen LogP contribution in [0.25, 0.3) is 0 Å². The average Bonchev–Trinajstić information content (AvgIpc) is 2.30. The first-order chi connectivity index (χ1) is 7.86. The Morgan fingerprint density at radius 2 is 2.00 bits per heavy atom. The van der Waals surface area contributed by atoms with E-state index in [-0.39, 0.29) is 0 Å². The van der Waals surface area contributed by atoms with Gasteiger partial charge in [-0.25, -0.2) is 0 Å². The first kappa shape index (κ1) is 10.3. The maximum absolute atomic E-state index is 3.54. The zero-order chi connectivity index (χ0) is 10.8. The fourth-order valence-electron chi connectivity index (χ4n) is 3.16. The minimum atomic E-state index is 0.618. The number of nitrogens with zero attached hydrogens (tertiary/aromatic N) is 1. The van der Waals surface area contributed by atoms with E-state index in [1.807, 2.05) is 0 Å². The highest BCUT2D eigenvalue weighted by Crippen LogP contribution is 2.36. The van der Waals surface area contributed by atoms with Crippen LogP contribution in [-0.2, 0) is 6.54 Å². The van der Waals surface area contributed by atoms with E-state index in [0.29, 0.717) is 5.41 Å². The van der Waals surface area contributed by atoms with Crippen LogP contribution in [0.15, 0.2) is 30.3 Å². The molecule has 0 unspecified atom stereocenters. The van der Waals surface area contributed by atoms with Gasteiger partial charge in [0.2, 0.25) is 0 Å². The molecule has 2 heteroatoms. The standard InChI is InChI=1S/C14H20N2/c1-2-5-13(6-3-1)9-16-11-14(12-16)7-4-8-15-10-14/h1-3,5-6,15H,4,7-12H2. The summed E-state index contributed by atoms with van der Waals surface area (Å²) in [5.74, 6) is 0. The first-order valence-corrected chi connectivity index (χ1v) is 6.33. The minimum absolute atomic E-state index is 0.618. The molecule has 2 nitrogen and oxygen atoms in total. The molecule has 2 aliphatic rings. The molecule has 2 fully saturated rings. The molecular formula is C14H20N2. The molecule has 1 aromatic rings. The lowest BCUT2D eigenvalue weighted by Gasteiger charge is -2.52. The molecule has 0 atom stereocenters. The van der Waals surface area contributed by atoms with Gasteiger partial charge in [-0.05, 0) is 24.9 Å². The van der Waals surface area contributed by atoms with Crippen LogP contribution < -0.4 is 5.32 Å². The summed E-state index contributed by atoms with van der Waals surface area (Å²) in [6.45, 7) is 6.16. The van der Waals surface area contributed by atoms with Crippen molar-refractivity contribution in [1.29, 1.82) is 0 Å². The Morgan fingerprint density at radius 1 is 1.19 bits per heavy atom. The third kappa shape index (κ3) is 2.00. The quantitative estimate of drug-likeness (QED) is 0.812. The van der Waals surface area contributed by atoms with E-state index in [0.717, 1.165) is 6.54 Å². The van der Waals surface area contributed by atoms with Crippen molar-refractivity contribution in [1.82, 2.24) is 10.2 Å². The van der Waals surface area contributed by atoms with Gasteiger partial charge in [0.15, 0.2) is 0 Å². The van der Waals surface area contributed by atoms with Crippen LogP contribution in [0.4, 0.5) is 0 Å². The summed E-state index contributed by atoms with van der Waals surface area (Å²) in [5, 5.41) is 3.54. The van der Waals surface area contributed by atoms with Crippen LogP contribution >= 0.6 is 0 Å². The van der Waals surface area contributed by atoms with Gasteiger partial charge in [0, 0.05) is 31.6 Å². The van der Waals surface area contributed by atoms with Gasteiger partial charge < -0.3 is 5.32 Å². The Bertz CT molecular complexity index is 333. The second-order valence-corrected chi connectivity index (χ2v) is 5.41. The van der Waals surface area contributed by atoms with E-state index < -0.39 is 0 Å². The lowest BCUT2D eigenvalue weighted by molar-refractivity contribution is -0.0229. The zero-order valence-corrected chi connectivity index (χ0v) is 9.78. The minimum Gasteiger partial charge on any atom is -0.316 e. The summed E-state index contributed by atoms with van der Waals surface area (Å²) in [4.78, 5) is 2.57. The van der Waals surface area contributed by atoms with E-state index in [9.17, 15) is 0 Å². The number of rotatable bonds is 2. The maximum atomic E-state index is 3.54. The molecule has 1 N–H and O–H groups in total. The van der Waals surface area contributed by atoms with Crippen molar-refractivity contribution in [2.45, 2.75) is 19.4 Å². The van der Waals surface area contributed by atoms with E-state index >= 15 is 0 Å². The van der Waals surface area contributed by atoms with Crippen LogP contribution in [0.5, 0.6) is 0 Å². The molecule has 1 spiro atoms. The molecule has 0 amide bonds. The molecular weight excluding hydrogens is 196 g/mol. The zero-order valence-electron chi connectivity index (χ0n) is 9.78. The molecule has 0 radical (unpaired) electrons. The van der Waals surface area contributed by atoms with Gasteiger partial charge in [-0.2, -0.15) is 0 Å². The van der Waals surface area contributed by atoms with Crippen LogP contribution in [0.2, 0.25) is 0 Å². The van der Waals surface area contributed by atoms with E-state index in [4.69, 9.17) is 0 Å². The largest absolute Gasteiger partial charge is 0.316 e. The van der Waals surface area contributed by atoms with Gasteiger partial charge in [0.05, 0.1) is 0 Å². The highest BCUT2D eigenvalue weighted by molar-refractivity contribution is 5.15. The number of nitrogens with one attached hydrogen (secondary N) is 1. The van der Waals surface area contributed by atoms with Gasteiger partial charge >= 0.3 is 0 Å². The summed E-state index contributed by atoms with van der Waals surface area (Å²) >= 11 is 0. The van der Waals surface area contributed by atoms with Crippen LogP contribution in [-0.4, -0.2) is 31.1 Å². The third-order valence-corrected chi connectivity index (χ3v) is 3.93. The highest BCUT2D eigenvalue weighted by Gasteiger charge is 2.42. The topological polar surface area (TPSA) is 15.3 Å². The Morgan fingerprint density at radius 3 is 2.69 bits per heavy atom. The molecule has 2 aliphatic heterocycles. The number of hydrogen-bond acceptors (Lipinski definition) is 2. The molecule has 0 aromatic heterocycles. The number of likely N-dealkylation sites (tertiary alicyclic amines) is 1. The first-order valence-electron chi connectivity index (χ1n) is 6.33. The van der Waals surface area contributed by atoms with Gasteiger partial charge in [0.25, 0.3) is 0 Å². The van der Waals surface area contributed by atoms with Crippen molar-refractivity contribution < 1.29 is 0 Å². The summed E-state index contributed by atoms with van der Waals surface area (Å²) in [7, 11) is 0. The van der Waals surface area contributed by atoms with Crippen LogP contribution in [0, 0.1) is 5.41 Å². The Kier molecular flexibility index (Phi) is 2.70. The normalized spacial score (nSPS) is 24.2. The van der Waals surface area contributed by atoms with Crippen molar-refractivity contribution in [3.63, 3.8) is 0 Å². The average molecular weight is 216 g/mol. The molecule has 0 aliphatic carbocycles. The number of piperidine rings is 1. The molecule has 2 heterocycles. The molecule has 2 saturated heterocycles. The lowest BCUT2D eigenvalue weighted by atomic mass is 9.74. The van der Waals surface area contributed by atoms with Crippen molar-refractivity contribution in [2.24, 2.45) is 5.41 Å². The van der Waals surface area contributed by atoms with Crippen LogP contribution in [0.1, 0.15) is 18.4 Å². The maximum Gasteiger partial charge on any atom is 0.0234 e. The van der Waals surface area contributed by atoms with Crippen molar-refractivity contribution in [3.05, 3.63) is 35.9 Å². The van der Waals surface area contributed by atoms with Crippen LogP contribution in [0.3, 0.4) is 0 Å². The van der Waals surface area contributed by atoms with E-state index in [2.05, 4.69) is 40.5 Å². The fraction of sp³-hybridized carbons (Fsp3) is 0.571. The van der Waals surface area contributed by atoms with Gasteiger partial charge in [-0.1, -0.05) is 30.3 Å². The number of hydrogen-bond donors (Lipinski definition) is 1. The smallest absolute Gasteiger partial charge is 0.0234 e. The molecule has 0 saturated carbocycles. The summed E-state index contributed by atoms with van der Waals surface area (Å²) in [6, 6.07) is 10.8. The fourth-order valence-corrected chi connectivity index (χ4v) is 3.16. The number of benzene rings is 1. The van der Waals surface area contributed by atoms with E-state index in [1.165, 1.54) is 44.6 Å². The van der Waals surface area contributed by atoms with Gasteiger partial charge in [0.1, 0.15) is 0 Å². The van der Waals surface area contributed by atoms with Crippen molar-refractivity contribution >= 4 is 0 Å². The predicted molar refractivity (Wildman–Crippen MR) is 66.3 cm³/mol. The molecule has 86 valence electrons. The summed E-state index contributed by atoms with van der Waals surface area (Å²) in [6.07, 6.45) is 2.78. The second kappa shape index (κ2) is 4.19. The Labute approximate surface area is 97.6 Å². The second-order valence-electron chi connectivity index (χ2n) is 5.41. The summed E-state index contributed by atoms with van der Waals surface area (Å²) in [5.41, 5.74) is 2.06. The predicted octanol–water partition coefficient (Wildman–Crippen LogP) is 1.87. The Hall–Kier alpha value is -0.860. The SMILES string of the molecule is c1ccc(CN2CC3(CCCNC3)C2)cc1. The van der Waals surface area contributed by atoms with E-state index in [1.54, 1.807) is 0 Å². The highest BCUT2D eigenvalue weighted by atomic mass is 15.2. The monoisotopic (exact) mass is 216 g/mol. The van der Waals surface area contributed by atoms with Gasteiger partial charge in [-0.15, -0.1) is 0 Å². The lowest BCUT2D eigenvalue weighted by Crippen LogP contribution is -2.61.